The van der Waals surface area contributed by atoms with E-state index in [-0.39, 0.29) is 27.7 Å². The van der Waals surface area contributed by atoms with Crippen molar-refractivity contribution in [2.24, 2.45) is 0 Å². The summed E-state index contributed by atoms with van der Waals surface area (Å²) in [6.07, 6.45) is -1.74. The minimum atomic E-state index is -2.69. The molecule has 0 radical (unpaired) electrons. The monoisotopic (exact) mass is 241 g/mol. The number of pyridine rings is 1. The predicted molar refractivity (Wildman–Crippen MR) is 49.7 cm³/mol. The van der Waals surface area contributed by atoms with Gasteiger partial charge in [-0.2, -0.15) is 0 Å². The van der Waals surface area contributed by atoms with Crippen LogP contribution in [0.25, 0.3) is 0 Å². The topological polar surface area (TPSA) is 33.1 Å². The Bertz CT molecular complexity index is 333. The van der Waals surface area contributed by atoms with E-state index in [4.69, 9.17) is 28.3 Å². The molecule has 0 atom stereocenters. The Kier molecular flexibility index (Phi) is 4.04. The normalized spacial score (nSPS) is 11.0. The molecule has 1 aromatic rings. The third-order valence-electron chi connectivity index (χ3n) is 1.81. The number of nitrogens with zero attached hydrogens (tertiary/aromatic N) is 1. The van der Waals surface area contributed by atoms with E-state index in [9.17, 15) is 8.78 Å². The number of hydrogen-bond acceptors (Lipinski definition) is 2. The van der Waals surface area contributed by atoms with Crippen LogP contribution in [0.2, 0.25) is 5.15 Å². The Morgan fingerprint density at radius 2 is 2.07 bits per heavy atom. The van der Waals surface area contributed by atoms with Gasteiger partial charge in [0.15, 0.2) is 0 Å². The fourth-order valence-electron chi connectivity index (χ4n) is 1.09. The summed E-state index contributed by atoms with van der Waals surface area (Å²) in [4.78, 5) is 3.57. The molecule has 1 rings (SSSR count). The molecule has 1 N–H and O–H groups in total. The molecule has 2 nitrogen and oxygen atoms in total. The molecule has 0 aromatic carbocycles. The van der Waals surface area contributed by atoms with Crippen molar-refractivity contribution in [3.05, 3.63) is 28.0 Å². The summed E-state index contributed by atoms with van der Waals surface area (Å²) in [5.74, 6) is -0.0533. The zero-order chi connectivity index (χ0) is 10.7. The van der Waals surface area contributed by atoms with Crippen LogP contribution < -0.4 is 0 Å². The van der Waals surface area contributed by atoms with Crippen LogP contribution in [0.3, 0.4) is 0 Å². The van der Waals surface area contributed by atoms with Gasteiger partial charge in [-0.15, -0.1) is 11.6 Å². The first-order valence-corrected chi connectivity index (χ1v) is 4.64. The maximum Gasteiger partial charge on any atom is 0.265 e. The zero-order valence-corrected chi connectivity index (χ0v) is 8.49. The van der Waals surface area contributed by atoms with Crippen LogP contribution in [-0.4, -0.2) is 10.1 Å². The van der Waals surface area contributed by atoms with Crippen molar-refractivity contribution in [2.75, 3.05) is 0 Å². The summed E-state index contributed by atoms with van der Waals surface area (Å²) >= 11 is 11.1. The van der Waals surface area contributed by atoms with Crippen LogP contribution in [-0.2, 0) is 12.5 Å². The maximum atomic E-state index is 12.4. The SMILES string of the molecule is OCc1c(C(F)F)cnc(Cl)c1CCl. The standard InChI is InChI=1S/C8H7Cl2F2NO/c9-1-4-6(3-14)5(8(11)12)2-13-7(4)10/h2,8,14H,1,3H2. The van der Waals surface area contributed by atoms with Crippen molar-refractivity contribution in [3.8, 4) is 0 Å². The quantitative estimate of drug-likeness (QED) is 0.652. The minimum Gasteiger partial charge on any atom is -0.392 e. The second-order valence-electron chi connectivity index (χ2n) is 2.55. The maximum absolute atomic E-state index is 12.4. The second kappa shape index (κ2) is 4.87. The number of aliphatic hydroxyl groups is 1. The molecule has 0 fully saturated rings. The smallest absolute Gasteiger partial charge is 0.265 e. The third kappa shape index (κ3) is 2.13. The van der Waals surface area contributed by atoms with Crippen LogP contribution in [0, 0.1) is 0 Å². The summed E-state index contributed by atoms with van der Waals surface area (Å²) in [6.45, 7) is -0.524. The molecule has 0 aliphatic carbocycles. The first-order chi connectivity index (χ1) is 6.61. The van der Waals surface area contributed by atoms with Gasteiger partial charge < -0.3 is 5.11 Å². The number of rotatable bonds is 3. The largest absolute Gasteiger partial charge is 0.392 e. The summed E-state index contributed by atoms with van der Waals surface area (Å²) in [5, 5.41) is 8.97. The van der Waals surface area contributed by atoms with E-state index in [2.05, 4.69) is 4.98 Å². The van der Waals surface area contributed by atoms with Crippen molar-refractivity contribution >= 4 is 23.2 Å². The van der Waals surface area contributed by atoms with Gasteiger partial charge in [-0.3, -0.25) is 0 Å². The lowest BCUT2D eigenvalue weighted by Gasteiger charge is -2.11. The average molecular weight is 242 g/mol. The number of alkyl halides is 3. The van der Waals surface area contributed by atoms with Crippen LogP contribution in [0.15, 0.2) is 6.20 Å². The molecule has 0 unspecified atom stereocenters. The number of aliphatic hydroxyl groups excluding tert-OH is 1. The molecule has 0 aliphatic heterocycles. The third-order valence-corrected chi connectivity index (χ3v) is 2.40. The van der Waals surface area contributed by atoms with Gasteiger partial charge in [0.05, 0.1) is 12.5 Å². The molecular formula is C8H7Cl2F2NO. The van der Waals surface area contributed by atoms with Gasteiger partial charge in [-0.25, -0.2) is 13.8 Å². The van der Waals surface area contributed by atoms with Gasteiger partial charge in [0.25, 0.3) is 6.43 Å². The summed E-state index contributed by atoms with van der Waals surface area (Å²) in [5.41, 5.74) is -0.00353. The Labute approximate surface area is 89.5 Å². The minimum absolute atomic E-state index is 0.0495. The van der Waals surface area contributed by atoms with Crippen LogP contribution >= 0.6 is 23.2 Å². The van der Waals surface area contributed by atoms with E-state index < -0.39 is 13.0 Å². The Morgan fingerprint density at radius 1 is 1.43 bits per heavy atom. The molecule has 6 heteroatoms. The average Bonchev–Trinajstić information content (AvgIpc) is 2.16. The van der Waals surface area contributed by atoms with Crippen molar-refractivity contribution in [1.29, 1.82) is 0 Å². The molecule has 0 saturated heterocycles. The molecule has 1 aromatic heterocycles. The Balaban J connectivity index is 3.33. The molecule has 0 bridgehead atoms. The zero-order valence-electron chi connectivity index (χ0n) is 6.98. The highest BCUT2D eigenvalue weighted by atomic mass is 35.5. The van der Waals surface area contributed by atoms with E-state index in [0.29, 0.717) is 0 Å². The van der Waals surface area contributed by atoms with Crippen LogP contribution in [0.5, 0.6) is 0 Å². The van der Waals surface area contributed by atoms with Gasteiger partial charge in [-0.05, 0) is 5.56 Å². The molecule has 0 amide bonds. The number of hydrogen-bond donors (Lipinski definition) is 1. The van der Waals surface area contributed by atoms with E-state index in [0.717, 1.165) is 6.20 Å². The van der Waals surface area contributed by atoms with Gasteiger partial charge in [-0.1, -0.05) is 11.6 Å². The van der Waals surface area contributed by atoms with Crippen molar-refractivity contribution in [3.63, 3.8) is 0 Å². The van der Waals surface area contributed by atoms with E-state index >= 15 is 0 Å². The summed E-state index contributed by atoms with van der Waals surface area (Å²) < 4.78 is 24.9. The highest BCUT2D eigenvalue weighted by Gasteiger charge is 2.18. The number of halogens is 4. The lowest BCUT2D eigenvalue weighted by Crippen LogP contribution is -2.02. The van der Waals surface area contributed by atoms with Gasteiger partial charge in [0.1, 0.15) is 5.15 Å². The molecule has 14 heavy (non-hydrogen) atoms. The van der Waals surface area contributed by atoms with Crippen LogP contribution in [0.4, 0.5) is 8.78 Å². The Morgan fingerprint density at radius 3 is 2.50 bits per heavy atom. The van der Waals surface area contributed by atoms with Crippen molar-refractivity contribution in [2.45, 2.75) is 18.9 Å². The summed E-state index contributed by atoms with van der Waals surface area (Å²) in [7, 11) is 0. The highest BCUT2D eigenvalue weighted by Crippen LogP contribution is 2.29. The molecule has 0 spiro atoms. The van der Waals surface area contributed by atoms with Crippen LogP contribution in [0.1, 0.15) is 23.1 Å². The van der Waals surface area contributed by atoms with E-state index in [1.165, 1.54) is 0 Å². The molecule has 78 valence electrons. The molecular weight excluding hydrogens is 235 g/mol. The first-order valence-electron chi connectivity index (χ1n) is 3.73. The van der Waals surface area contributed by atoms with E-state index in [1.807, 2.05) is 0 Å². The number of aromatic nitrogens is 1. The summed E-state index contributed by atoms with van der Waals surface area (Å²) in [6, 6.07) is 0. The first kappa shape index (κ1) is 11.6. The Hall–Kier alpha value is -0.450. The molecule has 1 heterocycles. The second-order valence-corrected chi connectivity index (χ2v) is 3.18. The van der Waals surface area contributed by atoms with Gasteiger partial charge in [0.2, 0.25) is 0 Å². The fraction of sp³-hybridized carbons (Fsp3) is 0.375. The van der Waals surface area contributed by atoms with Gasteiger partial charge in [0, 0.05) is 17.3 Å². The lowest BCUT2D eigenvalue weighted by molar-refractivity contribution is 0.146. The van der Waals surface area contributed by atoms with Crippen molar-refractivity contribution in [1.82, 2.24) is 4.98 Å². The predicted octanol–water partition coefficient (Wildman–Crippen LogP) is 2.90. The van der Waals surface area contributed by atoms with E-state index in [1.54, 1.807) is 0 Å². The van der Waals surface area contributed by atoms with Gasteiger partial charge >= 0.3 is 0 Å². The molecule has 0 saturated carbocycles. The molecule has 0 aliphatic rings. The fourth-order valence-corrected chi connectivity index (χ4v) is 1.68. The highest BCUT2D eigenvalue weighted by molar-refractivity contribution is 6.31. The lowest BCUT2D eigenvalue weighted by atomic mass is 10.1. The van der Waals surface area contributed by atoms with Crippen molar-refractivity contribution < 1.29 is 13.9 Å².